The fourth-order valence-electron chi connectivity index (χ4n) is 10.9. The van der Waals surface area contributed by atoms with Crippen molar-refractivity contribution < 1.29 is 4.74 Å². The van der Waals surface area contributed by atoms with Gasteiger partial charge in [0.2, 0.25) is 0 Å². The van der Waals surface area contributed by atoms with Crippen molar-refractivity contribution in [1.82, 2.24) is 0 Å². The molecule has 0 fully saturated rings. The van der Waals surface area contributed by atoms with Crippen molar-refractivity contribution in [3.63, 3.8) is 0 Å². The van der Waals surface area contributed by atoms with Gasteiger partial charge in [0.15, 0.2) is 0 Å². The van der Waals surface area contributed by atoms with E-state index in [4.69, 9.17) is 4.74 Å². The minimum absolute atomic E-state index is 0.593. The first kappa shape index (κ1) is 35.5. The summed E-state index contributed by atoms with van der Waals surface area (Å²) in [6, 6.07) is 86.8. The molecule has 10 aromatic rings. The molecule has 1 spiro atoms. The van der Waals surface area contributed by atoms with Crippen molar-refractivity contribution in [2.45, 2.75) is 5.41 Å². The Morgan fingerprint density at radius 2 is 0.635 bits per heavy atom. The topological polar surface area (TPSA) is 12.5 Å². The molecule has 0 N–H and O–H groups in total. The molecule has 0 bridgehead atoms. The highest BCUT2D eigenvalue weighted by atomic mass is 16.5. The highest BCUT2D eigenvalue weighted by Gasteiger charge is 2.50. The number of fused-ring (bicyclic) bond motifs is 17. The second-order valence-corrected chi connectivity index (χ2v) is 16.7. The Hall–Kier alpha value is -8.20. The highest BCUT2D eigenvalue weighted by Crippen LogP contribution is 2.62. The molecule has 13 rings (SSSR count). The van der Waals surface area contributed by atoms with Crippen LogP contribution >= 0.6 is 0 Å². The van der Waals surface area contributed by atoms with Gasteiger partial charge in [0.05, 0.1) is 5.41 Å². The van der Waals surface area contributed by atoms with Crippen molar-refractivity contribution in [3.05, 3.63) is 259 Å². The number of ether oxygens (including phenoxy) is 1. The Morgan fingerprint density at radius 3 is 1.22 bits per heavy atom. The van der Waals surface area contributed by atoms with Crippen LogP contribution in [-0.4, -0.2) is 0 Å². The molecule has 0 atom stereocenters. The monoisotopic (exact) mass is 801 g/mol. The highest BCUT2D eigenvalue weighted by molar-refractivity contribution is 5.99. The van der Waals surface area contributed by atoms with Crippen molar-refractivity contribution in [2.24, 2.45) is 0 Å². The van der Waals surface area contributed by atoms with Gasteiger partial charge in [-0.2, -0.15) is 0 Å². The van der Waals surface area contributed by atoms with E-state index in [-0.39, 0.29) is 0 Å². The van der Waals surface area contributed by atoms with Crippen molar-refractivity contribution in [1.29, 1.82) is 0 Å². The molecule has 0 amide bonds. The van der Waals surface area contributed by atoms with E-state index < -0.39 is 5.41 Å². The van der Waals surface area contributed by atoms with Gasteiger partial charge in [-0.15, -0.1) is 0 Å². The molecule has 3 aliphatic rings. The molecule has 63 heavy (non-hydrogen) atoms. The number of hydrogen-bond donors (Lipinski definition) is 0. The summed E-state index contributed by atoms with van der Waals surface area (Å²) in [6.07, 6.45) is 0. The number of hydrogen-bond acceptors (Lipinski definition) is 2. The van der Waals surface area contributed by atoms with Crippen LogP contribution in [0.2, 0.25) is 0 Å². The molecule has 294 valence electrons. The van der Waals surface area contributed by atoms with E-state index in [0.29, 0.717) is 0 Å². The molecule has 2 aliphatic carbocycles. The summed E-state index contributed by atoms with van der Waals surface area (Å²) in [4.78, 5) is 2.44. The summed E-state index contributed by atoms with van der Waals surface area (Å²) in [6.45, 7) is 0. The standard InChI is InChI=1S/C61H39NO/c1-2-16-40(17-3-1)41-30-32-42(33-31-41)62(43-34-36-47-52-23-9-14-28-59(52)63-60-29-15-10-24-53(60)54(47)38-43)44-35-37-51-50-22-8-13-27-57(50)61(58(51)39-44)55-25-11-6-20-48(55)45-18-4-5-19-46(45)49-21-7-12-26-56(49)61/h1-39H. The van der Waals surface area contributed by atoms with Gasteiger partial charge in [-0.05, 0) is 126 Å². The molecule has 0 radical (unpaired) electrons. The van der Waals surface area contributed by atoms with Crippen LogP contribution in [0.5, 0.6) is 11.5 Å². The van der Waals surface area contributed by atoms with Crippen LogP contribution < -0.4 is 9.64 Å². The SMILES string of the molecule is c1ccc(-c2ccc(N(c3ccc4c(c3)-c3ccccc3Oc3ccccc3-4)c3ccc4c(c3)C3(c5ccccc5-c5ccccc5-c5ccccc53)c3ccccc3-4)cc2)cc1. The van der Waals surface area contributed by atoms with Gasteiger partial charge in [0.25, 0.3) is 0 Å². The van der Waals surface area contributed by atoms with Gasteiger partial charge in [0, 0.05) is 28.2 Å². The van der Waals surface area contributed by atoms with Crippen LogP contribution in [-0.2, 0) is 5.41 Å². The van der Waals surface area contributed by atoms with Gasteiger partial charge in [-0.25, -0.2) is 0 Å². The number of nitrogens with zero attached hydrogens (tertiary/aromatic N) is 1. The van der Waals surface area contributed by atoms with E-state index in [0.717, 1.165) is 50.8 Å². The molecular weight excluding hydrogens is 763 g/mol. The lowest BCUT2D eigenvalue weighted by molar-refractivity contribution is 0.488. The average molecular weight is 802 g/mol. The van der Waals surface area contributed by atoms with Crippen molar-refractivity contribution >= 4 is 17.1 Å². The van der Waals surface area contributed by atoms with Crippen LogP contribution in [0.1, 0.15) is 22.3 Å². The van der Waals surface area contributed by atoms with Crippen LogP contribution in [0.25, 0.3) is 66.8 Å². The maximum absolute atomic E-state index is 6.63. The summed E-state index contributed by atoms with van der Waals surface area (Å²) < 4.78 is 6.63. The summed E-state index contributed by atoms with van der Waals surface area (Å²) in [5.41, 5.74) is 22.2. The minimum atomic E-state index is -0.593. The zero-order valence-corrected chi connectivity index (χ0v) is 34.4. The Labute approximate surface area is 367 Å². The van der Waals surface area contributed by atoms with Crippen molar-refractivity contribution in [3.8, 4) is 78.3 Å². The Kier molecular flexibility index (Phi) is 7.85. The third-order valence-electron chi connectivity index (χ3n) is 13.5. The number of rotatable bonds is 4. The fourth-order valence-corrected chi connectivity index (χ4v) is 10.9. The zero-order valence-electron chi connectivity index (χ0n) is 34.4. The predicted octanol–water partition coefficient (Wildman–Crippen LogP) is 16.3. The van der Waals surface area contributed by atoms with E-state index in [2.05, 4.69) is 235 Å². The second kappa shape index (κ2) is 13.9. The van der Waals surface area contributed by atoms with E-state index in [1.165, 1.54) is 66.8 Å². The predicted molar refractivity (Wildman–Crippen MR) is 259 cm³/mol. The summed E-state index contributed by atoms with van der Waals surface area (Å²) in [5.74, 6) is 1.71. The largest absolute Gasteiger partial charge is 0.456 e. The lowest BCUT2D eigenvalue weighted by Crippen LogP contribution is -2.29. The summed E-state index contributed by atoms with van der Waals surface area (Å²) >= 11 is 0. The minimum Gasteiger partial charge on any atom is -0.456 e. The molecule has 0 unspecified atom stereocenters. The maximum Gasteiger partial charge on any atom is 0.135 e. The first-order chi connectivity index (χ1) is 31.3. The van der Waals surface area contributed by atoms with Gasteiger partial charge in [0.1, 0.15) is 11.5 Å². The number of anilines is 3. The molecule has 2 nitrogen and oxygen atoms in total. The fraction of sp³-hybridized carbons (Fsp3) is 0.0164. The molecule has 0 aromatic heterocycles. The average Bonchev–Trinajstić information content (AvgIpc) is 3.49. The van der Waals surface area contributed by atoms with E-state index in [9.17, 15) is 0 Å². The molecular formula is C61H39NO. The first-order valence-electron chi connectivity index (χ1n) is 21.8. The van der Waals surface area contributed by atoms with E-state index >= 15 is 0 Å². The second-order valence-electron chi connectivity index (χ2n) is 16.7. The van der Waals surface area contributed by atoms with Gasteiger partial charge in [-0.1, -0.05) is 188 Å². The Morgan fingerprint density at radius 1 is 0.254 bits per heavy atom. The van der Waals surface area contributed by atoms with Crippen LogP contribution in [0.15, 0.2) is 237 Å². The van der Waals surface area contributed by atoms with Gasteiger partial charge < -0.3 is 9.64 Å². The van der Waals surface area contributed by atoms with Crippen LogP contribution in [0, 0.1) is 0 Å². The first-order valence-corrected chi connectivity index (χ1v) is 21.8. The molecule has 2 heteroatoms. The third kappa shape index (κ3) is 5.25. The molecule has 0 saturated heterocycles. The van der Waals surface area contributed by atoms with Crippen molar-refractivity contribution in [2.75, 3.05) is 4.90 Å². The van der Waals surface area contributed by atoms with Gasteiger partial charge in [-0.3, -0.25) is 0 Å². The van der Waals surface area contributed by atoms with Crippen LogP contribution in [0.4, 0.5) is 17.1 Å². The van der Waals surface area contributed by atoms with Crippen LogP contribution in [0.3, 0.4) is 0 Å². The van der Waals surface area contributed by atoms with E-state index in [1.807, 2.05) is 6.07 Å². The third-order valence-corrected chi connectivity index (χ3v) is 13.5. The Balaban J connectivity index is 1.09. The molecule has 1 heterocycles. The number of para-hydroxylation sites is 2. The molecule has 0 saturated carbocycles. The quantitative estimate of drug-likeness (QED) is 0.176. The molecule has 1 aliphatic heterocycles. The van der Waals surface area contributed by atoms with E-state index in [1.54, 1.807) is 0 Å². The molecule has 10 aromatic carbocycles. The maximum atomic E-state index is 6.63. The lowest BCUT2D eigenvalue weighted by atomic mass is 9.66. The normalized spacial score (nSPS) is 13.0. The summed E-state index contributed by atoms with van der Waals surface area (Å²) in [5, 5.41) is 0. The summed E-state index contributed by atoms with van der Waals surface area (Å²) in [7, 11) is 0. The number of benzene rings is 10. The zero-order chi connectivity index (χ0) is 41.5. The smallest absolute Gasteiger partial charge is 0.135 e. The van der Waals surface area contributed by atoms with Gasteiger partial charge >= 0.3 is 0 Å². The Bertz CT molecular complexity index is 3370. The lowest BCUT2D eigenvalue weighted by Gasteiger charge is -2.36.